The third kappa shape index (κ3) is 4.21. The number of carboxylic acid groups (broad SMARTS) is 1. The molecule has 0 amide bonds. The van der Waals surface area contributed by atoms with Crippen LogP contribution in [0.25, 0.3) is 0 Å². The molecule has 5 nitrogen and oxygen atoms in total. The third-order valence-corrected chi connectivity index (χ3v) is 2.99. The maximum absolute atomic E-state index is 11.3. The van der Waals surface area contributed by atoms with Gasteiger partial charge >= 0.3 is 5.97 Å². The molecule has 0 unspecified atom stereocenters. The van der Waals surface area contributed by atoms with Crippen LogP contribution in [0.15, 0.2) is 12.1 Å². The zero-order valence-corrected chi connectivity index (χ0v) is 12.2. The lowest BCUT2D eigenvalue weighted by molar-refractivity contribution is -0.142. The molecule has 0 fully saturated rings. The minimum atomic E-state index is -0.841. The van der Waals surface area contributed by atoms with E-state index in [1.807, 2.05) is 33.8 Å². The summed E-state index contributed by atoms with van der Waals surface area (Å²) in [5.74, 6) is -0.279. The number of nitrogens with one attached hydrogen (secondary N) is 1. The fourth-order valence-corrected chi connectivity index (χ4v) is 1.84. The first-order chi connectivity index (χ1) is 8.75. The van der Waals surface area contributed by atoms with Crippen molar-refractivity contribution in [1.82, 2.24) is 10.3 Å². The summed E-state index contributed by atoms with van der Waals surface area (Å²) in [5, 5.41) is 12.3. The number of ether oxygens (including phenoxy) is 1. The molecule has 0 spiro atoms. The summed E-state index contributed by atoms with van der Waals surface area (Å²) in [6.45, 7) is 8.05. The van der Waals surface area contributed by atoms with Crippen LogP contribution in [0.5, 0.6) is 5.88 Å². The fraction of sp³-hybridized carbons (Fsp3) is 0.571. The molecule has 1 aromatic rings. The summed E-state index contributed by atoms with van der Waals surface area (Å²) in [6.07, 6.45) is 0. The fourth-order valence-electron chi connectivity index (χ4n) is 1.84. The van der Waals surface area contributed by atoms with Crippen molar-refractivity contribution in [1.29, 1.82) is 0 Å². The van der Waals surface area contributed by atoms with Gasteiger partial charge in [0.15, 0.2) is 0 Å². The number of carbonyl (C=O) groups is 1. The minimum Gasteiger partial charge on any atom is -0.481 e. The Balaban J connectivity index is 2.78. The van der Waals surface area contributed by atoms with Gasteiger partial charge < -0.3 is 9.84 Å². The van der Waals surface area contributed by atoms with Crippen LogP contribution in [0.3, 0.4) is 0 Å². The monoisotopic (exact) mass is 266 g/mol. The molecule has 0 aliphatic rings. The molecule has 1 aromatic heterocycles. The molecule has 106 valence electrons. The summed E-state index contributed by atoms with van der Waals surface area (Å²) in [5.41, 5.74) is 1.46. The van der Waals surface area contributed by atoms with E-state index in [2.05, 4.69) is 10.3 Å². The lowest BCUT2D eigenvalue weighted by atomic mass is 9.86. The van der Waals surface area contributed by atoms with Gasteiger partial charge in [-0.25, -0.2) is 4.98 Å². The molecule has 0 bridgehead atoms. The van der Waals surface area contributed by atoms with E-state index in [0.29, 0.717) is 12.4 Å². The number of carboxylic acids is 1. The quantitative estimate of drug-likeness (QED) is 0.852. The molecule has 0 saturated heterocycles. The largest absolute Gasteiger partial charge is 0.481 e. The molecule has 0 saturated carbocycles. The molecule has 1 atom stereocenters. The highest BCUT2D eigenvalue weighted by Crippen LogP contribution is 2.20. The van der Waals surface area contributed by atoms with Gasteiger partial charge in [0, 0.05) is 18.3 Å². The molecule has 2 N–H and O–H groups in total. The van der Waals surface area contributed by atoms with Crippen LogP contribution in [0.4, 0.5) is 0 Å². The molecular formula is C14H22N2O3. The summed E-state index contributed by atoms with van der Waals surface area (Å²) in [4.78, 5) is 15.5. The minimum absolute atomic E-state index is 0.348. The molecule has 0 aliphatic heterocycles. The van der Waals surface area contributed by atoms with Gasteiger partial charge in [-0.15, -0.1) is 0 Å². The summed E-state index contributed by atoms with van der Waals surface area (Å²) < 4.78 is 5.04. The Kier molecular flexibility index (Phi) is 4.89. The molecular weight excluding hydrogens is 244 g/mol. The van der Waals surface area contributed by atoms with Gasteiger partial charge in [0.05, 0.1) is 7.11 Å². The number of hydrogen-bond donors (Lipinski definition) is 2. The number of aryl methyl sites for hydroxylation is 1. The van der Waals surface area contributed by atoms with E-state index in [-0.39, 0.29) is 5.41 Å². The molecule has 0 radical (unpaired) electrons. The van der Waals surface area contributed by atoms with Crippen LogP contribution >= 0.6 is 0 Å². The maximum atomic E-state index is 11.3. The van der Waals surface area contributed by atoms with Crippen LogP contribution < -0.4 is 10.1 Å². The highest BCUT2D eigenvalue weighted by molar-refractivity contribution is 5.74. The van der Waals surface area contributed by atoms with Gasteiger partial charge in [0.25, 0.3) is 0 Å². The Morgan fingerprint density at radius 1 is 1.47 bits per heavy atom. The van der Waals surface area contributed by atoms with Crippen molar-refractivity contribution in [2.24, 2.45) is 5.41 Å². The SMILES string of the molecule is COc1ccc(CN[C@@H](C(=O)O)C(C)(C)C)c(C)n1. The number of nitrogens with zero attached hydrogens (tertiary/aromatic N) is 1. The second-order valence-electron chi connectivity index (χ2n) is 5.62. The van der Waals surface area contributed by atoms with E-state index in [0.717, 1.165) is 11.3 Å². The number of hydrogen-bond acceptors (Lipinski definition) is 4. The molecule has 1 heterocycles. The average molecular weight is 266 g/mol. The summed E-state index contributed by atoms with van der Waals surface area (Å²) in [6, 6.07) is 3.07. The van der Waals surface area contributed by atoms with Crippen LogP contribution in [0.2, 0.25) is 0 Å². The Labute approximate surface area is 114 Å². The lowest BCUT2D eigenvalue weighted by Gasteiger charge is -2.28. The van der Waals surface area contributed by atoms with E-state index < -0.39 is 12.0 Å². The van der Waals surface area contributed by atoms with E-state index in [4.69, 9.17) is 4.74 Å². The molecule has 0 aliphatic carbocycles. The van der Waals surface area contributed by atoms with E-state index >= 15 is 0 Å². The predicted molar refractivity (Wildman–Crippen MR) is 73.2 cm³/mol. The third-order valence-electron chi connectivity index (χ3n) is 2.99. The standard InChI is InChI=1S/C14H22N2O3/c1-9-10(6-7-11(16-9)19-5)8-15-12(13(17)18)14(2,3)4/h6-7,12,15H,8H2,1-5H3,(H,17,18)/t12-/m0/s1. The number of aromatic nitrogens is 1. The smallest absolute Gasteiger partial charge is 0.321 e. The van der Waals surface area contributed by atoms with Crippen molar-refractivity contribution < 1.29 is 14.6 Å². The second-order valence-corrected chi connectivity index (χ2v) is 5.62. The van der Waals surface area contributed by atoms with E-state index in [9.17, 15) is 9.90 Å². The topological polar surface area (TPSA) is 71.5 Å². The van der Waals surface area contributed by atoms with Crippen LogP contribution in [0, 0.1) is 12.3 Å². The zero-order valence-electron chi connectivity index (χ0n) is 12.2. The van der Waals surface area contributed by atoms with E-state index in [1.54, 1.807) is 13.2 Å². The Hall–Kier alpha value is -1.62. The summed E-state index contributed by atoms with van der Waals surface area (Å²) in [7, 11) is 1.57. The molecule has 1 rings (SSSR count). The van der Waals surface area contributed by atoms with Gasteiger partial charge in [0.2, 0.25) is 5.88 Å². The van der Waals surface area contributed by atoms with Gasteiger partial charge in [-0.1, -0.05) is 26.8 Å². The normalized spacial score (nSPS) is 13.1. The number of aliphatic carboxylic acids is 1. The second kappa shape index (κ2) is 6.02. The molecule has 0 aromatic carbocycles. The first kappa shape index (κ1) is 15.4. The maximum Gasteiger partial charge on any atom is 0.321 e. The Morgan fingerprint density at radius 3 is 2.53 bits per heavy atom. The van der Waals surface area contributed by atoms with E-state index in [1.165, 1.54) is 0 Å². The van der Waals surface area contributed by atoms with Crippen molar-refractivity contribution in [3.05, 3.63) is 23.4 Å². The Morgan fingerprint density at radius 2 is 2.11 bits per heavy atom. The average Bonchev–Trinajstić information content (AvgIpc) is 2.28. The van der Waals surface area contributed by atoms with Crippen molar-refractivity contribution in [2.45, 2.75) is 40.3 Å². The highest BCUT2D eigenvalue weighted by atomic mass is 16.5. The van der Waals surface area contributed by atoms with Gasteiger partial charge in [-0.05, 0) is 17.9 Å². The Bertz CT molecular complexity index is 452. The molecule has 5 heteroatoms. The van der Waals surface area contributed by atoms with Gasteiger partial charge in [-0.3, -0.25) is 10.1 Å². The highest BCUT2D eigenvalue weighted by Gasteiger charge is 2.30. The van der Waals surface area contributed by atoms with Crippen LogP contribution in [-0.2, 0) is 11.3 Å². The van der Waals surface area contributed by atoms with Crippen LogP contribution in [-0.4, -0.2) is 29.2 Å². The first-order valence-electron chi connectivity index (χ1n) is 6.22. The van der Waals surface area contributed by atoms with Crippen molar-refractivity contribution >= 4 is 5.97 Å². The van der Waals surface area contributed by atoms with Crippen molar-refractivity contribution in [3.8, 4) is 5.88 Å². The first-order valence-corrected chi connectivity index (χ1v) is 6.22. The molecule has 19 heavy (non-hydrogen) atoms. The predicted octanol–water partition coefficient (Wildman–Crippen LogP) is 1.99. The zero-order chi connectivity index (χ0) is 14.6. The van der Waals surface area contributed by atoms with Crippen molar-refractivity contribution in [2.75, 3.05) is 7.11 Å². The van der Waals surface area contributed by atoms with Crippen LogP contribution in [0.1, 0.15) is 32.0 Å². The van der Waals surface area contributed by atoms with Gasteiger partial charge in [0.1, 0.15) is 6.04 Å². The van der Waals surface area contributed by atoms with Gasteiger partial charge in [-0.2, -0.15) is 0 Å². The number of pyridine rings is 1. The van der Waals surface area contributed by atoms with Crippen molar-refractivity contribution in [3.63, 3.8) is 0 Å². The number of methoxy groups -OCH3 is 1. The summed E-state index contributed by atoms with van der Waals surface area (Å²) >= 11 is 0. The lowest BCUT2D eigenvalue weighted by Crippen LogP contribution is -2.46. The number of rotatable bonds is 5.